The van der Waals surface area contributed by atoms with Crippen molar-refractivity contribution in [3.8, 4) is 0 Å². The van der Waals surface area contributed by atoms with Crippen LogP contribution in [-0.4, -0.2) is 12.5 Å². The van der Waals surface area contributed by atoms with E-state index in [1.54, 1.807) is 6.92 Å². The van der Waals surface area contributed by atoms with Gasteiger partial charge in [0.1, 0.15) is 0 Å². The number of amides is 1. The molecule has 0 atom stereocenters. The summed E-state index contributed by atoms with van der Waals surface area (Å²) in [6.07, 6.45) is 2.17. The van der Waals surface area contributed by atoms with E-state index in [2.05, 4.69) is 32.0 Å². The average molecular weight is 217 g/mol. The zero-order chi connectivity index (χ0) is 11.7. The minimum absolute atomic E-state index is 0.154. The molecule has 2 nitrogen and oxygen atoms in total. The summed E-state index contributed by atoms with van der Waals surface area (Å²) in [7, 11) is 0. The van der Waals surface area contributed by atoms with Crippen LogP contribution in [0.25, 0.3) is 0 Å². The van der Waals surface area contributed by atoms with E-state index >= 15 is 0 Å². The molecule has 16 heavy (non-hydrogen) atoms. The maximum atomic E-state index is 11.6. The van der Waals surface area contributed by atoms with Crippen LogP contribution in [0.5, 0.6) is 0 Å². The smallest absolute Gasteiger partial charge is 0.223 e. The van der Waals surface area contributed by atoms with Crippen LogP contribution in [0.4, 0.5) is 5.69 Å². The number of hydrogen-bond donors (Lipinski definition) is 0. The second kappa shape index (κ2) is 4.28. The van der Waals surface area contributed by atoms with Crippen LogP contribution in [0.3, 0.4) is 0 Å². The van der Waals surface area contributed by atoms with Gasteiger partial charge in [-0.15, -0.1) is 0 Å². The summed E-state index contributed by atoms with van der Waals surface area (Å²) in [4.78, 5) is 13.5. The van der Waals surface area contributed by atoms with E-state index in [4.69, 9.17) is 0 Å². The lowest BCUT2D eigenvalue weighted by Crippen LogP contribution is -2.33. The summed E-state index contributed by atoms with van der Waals surface area (Å²) in [6, 6.07) is 6.55. The Bertz CT molecular complexity index is 409. The molecular formula is C14H19NO. The van der Waals surface area contributed by atoms with Crippen molar-refractivity contribution in [3.05, 3.63) is 29.3 Å². The number of benzene rings is 1. The van der Waals surface area contributed by atoms with Crippen LogP contribution in [0.1, 0.15) is 44.2 Å². The Morgan fingerprint density at radius 1 is 1.38 bits per heavy atom. The van der Waals surface area contributed by atoms with Crippen LogP contribution >= 0.6 is 0 Å². The zero-order valence-electron chi connectivity index (χ0n) is 10.3. The van der Waals surface area contributed by atoms with Crippen LogP contribution < -0.4 is 4.90 Å². The number of carbonyl (C=O) groups excluding carboxylic acids is 1. The molecule has 0 saturated carbocycles. The largest absolute Gasteiger partial charge is 0.312 e. The highest BCUT2D eigenvalue weighted by molar-refractivity contribution is 5.92. The first-order chi connectivity index (χ1) is 7.59. The first-order valence-electron chi connectivity index (χ1n) is 6.00. The Morgan fingerprint density at radius 3 is 2.75 bits per heavy atom. The predicted molar refractivity (Wildman–Crippen MR) is 66.9 cm³/mol. The van der Waals surface area contributed by atoms with E-state index in [0.717, 1.165) is 25.1 Å². The third-order valence-electron chi connectivity index (χ3n) is 3.27. The van der Waals surface area contributed by atoms with E-state index in [1.807, 2.05) is 4.90 Å². The van der Waals surface area contributed by atoms with Crippen molar-refractivity contribution in [3.63, 3.8) is 0 Å². The van der Waals surface area contributed by atoms with E-state index < -0.39 is 0 Å². The molecule has 1 heterocycles. The maximum absolute atomic E-state index is 11.6. The third kappa shape index (κ3) is 1.97. The molecule has 1 aromatic carbocycles. The molecule has 2 rings (SSSR count). The van der Waals surface area contributed by atoms with Crippen molar-refractivity contribution in [2.24, 2.45) is 0 Å². The van der Waals surface area contributed by atoms with Crippen LogP contribution in [0.2, 0.25) is 0 Å². The van der Waals surface area contributed by atoms with E-state index in [1.165, 1.54) is 11.1 Å². The molecule has 0 aliphatic carbocycles. The Kier molecular flexibility index (Phi) is 2.99. The van der Waals surface area contributed by atoms with Gasteiger partial charge in [0.05, 0.1) is 0 Å². The fourth-order valence-electron chi connectivity index (χ4n) is 2.28. The molecule has 1 aromatic rings. The maximum Gasteiger partial charge on any atom is 0.223 e. The van der Waals surface area contributed by atoms with Crippen molar-refractivity contribution in [1.82, 2.24) is 0 Å². The zero-order valence-corrected chi connectivity index (χ0v) is 10.3. The lowest BCUT2D eigenvalue weighted by molar-refractivity contribution is -0.116. The van der Waals surface area contributed by atoms with Gasteiger partial charge in [0.15, 0.2) is 0 Å². The molecule has 1 aliphatic heterocycles. The van der Waals surface area contributed by atoms with Gasteiger partial charge >= 0.3 is 0 Å². The summed E-state index contributed by atoms with van der Waals surface area (Å²) in [5.41, 5.74) is 3.75. The summed E-state index contributed by atoms with van der Waals surface area (Å²) in [5.74, 6) is 0.669. The van der Waals surface area contributed by atoms with Crippen LogP contribution in [-0.2, 0) is 11.2 Å². The van der Waals surface area contributed by atoms with E-state index in [-0.39, 0.29) is 5.91 Å². The number of rotatable bonds is 1. The first kappa shape index (κ1) is 11.2. The van der Waals surface area contributed by atoms with Crippen molar-refractivity contribution >= 4 is 11.6 Å². The Morgan fingerprint density at radius 2 is 2.12 bits per heavy atom. The molecule has 86 valence electrons. The quantitative estimate of drug-likeness (QED) is 0.707. The van der Waals surface area contributed by atoms with Gasteiger partial charge in [0, 0.05) is 19.2 Å². The van der Waals surface area contributed by atoms with Gasteiger partial charge in [-0.05, 0) is 36.0 Å². The fourth-order valence-corrected chi connectivity index (χ4v) is 2.28. The molecule has 0 unspecified atom stereocenters. The van der Waals surface area contributed by atoms with Gasteiger partial charge in [-0.2, -0.15) is 0 Å². The van der Waals surface area contributed by atoms with Gasteiger partial charge in [-0.25, -0.2) is 0 Å². The predicted octanol–water partition coefficient (Wildman–Crippen LogP) is 3.11. The highest BCUT2D eigenvalue weighted by atomic mass is 16.2. The molecule has 0 fully saturated rings. The van der Waals surface area contributed by atoms with Crippen molar-refractivity contribution in [1.29, 1.82) is 0 Å². The SMILES string of the molecule is CC(=O)N1CCCc2ccc(C(C)C)cc21. The van der Waals surface area contributed by atoms with Gasteiger partial charge in [-0.1, -0.05) is 26.0 Å². The highest BCUT2D eigenvalue weighted by Crippen LogP contribution is 2.30. The van der Waals surface area contributed by atoms with E-state index in [0.29, 0.717) is 5.92 Å². The second-order valence-corrected chi connectivity index (χ2v) is 4.82. The van der Waals surface area contributed by atoms with Crippen molar-refractivity contribution in [2.45, 2.75) is 39.5 Å². The van der Waals surface area contributed by atoms with Gasteiger partial charge < -0.3 is 4.90 Å². The molecule has 0 spiro atoms. The Labute approximate surface area is 97.3 Å². The molecule has 0 aromatic heterocycles. The van der Waals surface area contributed by atoms with Gasteiger partial charge in [0.25, 0.3) is 0 Å². The van der Waals surface area contributed by atoms with Gasteiger partial charge in [0.2, 0.25) is 5.91 Å². The molecule has 2 heteroatoms. The minimum Gasteiger partial charge on any atom is -0.312 e. The molecule has 0 saturated heterocycles. The third-order valence-corrected chi connectivity index (χ3v) is 3.27. The lowest BCUT2D eigenvalue weighted by atomic mass is 9.95. The van der Waals surface area contributed by atoms with Gasteiger partial charge in [-0.3, -0.25) is 4.79 Å². The number of fused-ring (bicyclic) bond motifs is 1. The Hall–Kier alpha value is -1.31. The molecule has 0 radical (unpaired) electrons. The Balaban J connectivity index is 2.44. The fraction of sp³-hybridized carbons (Fsp3) is 0.500. The second-order valence-electron chi connectivity index (χ2n) is 4.82. The summed E-state index contributed by atoms with van der Waals surface area (Å²) < 4.78 is 0. The van der Waals surface area contributed by atoms with Crippen LogP contribution in [0, 0.1) is 0 Å². The number of hydrogen-bond acceptors (Lipinski definition) is 1. The highest BCUT2D eigenvalue weighted by Gasteiger charge is 2.20. The standard InChI is InChI=1S/C14H19NO/c1-10(2)13-7-6-12-5-4-8-15(11(3)16)14(12)9-13/h6-7,9-10H,4-5,8H2,1-3H3. The normalized spacial score (nSPS) is 15.1. The lowest BCUT2D eigenvalue weighted by Gasteiger charge is -2.29. The number of carbonyl (C=O) groups is 1. The summed E-state index contributed by atoms with van der Waals surface area (Å²) >= 11 is 0. The van der Waals surface area contributed by atoms with Crippen molar-refractivity contribution in [2.75, 3.05) is 11.4 Å². The molecule has 0 N–H and O–H groups in total. The molecule has 0 bridgehead atoms. The minimum atomic E-state index is 0.154. The molecule has 1 amide bonds. The number of aryl methyl sites for hydroxylation is 1. The first-order valence-corrected chi connectivity index (χ1v) is 6.00. The number of anilines is 1. The summed E-state index contributed by atoms with van der Waals surface area (Å²) in [5, 5.41) is 0. The number of nitrogens with zero attached hydrogens (tertiary/aromatic N) is 1. The molecular weight excluding hydrogens is 198 g/mol. The monoisotopic (exact) mass is 217 g/mol. The average Bonchev–Trinajstić information content (AvgIpc) is 2.27. The summed E-state index contributed by atoms with van der Waals surface area (Å²) in [6.45, 7) is 6.88. The topological polar surface area (TPSA) is 20.3 Å². The van der Waals surface area contributed by atoms with Crippen molar-refractivity contribution < 1.29 is 4.79 Å². The van der Waals surface area contributed by atoms with Crippen LogP contribution in [0.15, 0.2) is 18.2 Å². The molecule has 1 aliphatic rings. The van der Waals surface area contributed by atoms with E-state index in [9.17, 15) is 4.79 Å².